The first kappa shape index (κ1) is 12.4. The molecule has 1 N–H and O–H groups in total. The lowest BCUT2D eigenvalue weighted by atomic mass is 10.2. The van der Waals surface area contributed by atoms with Crippen molar-refractivity contribution in [3.8, 4) is 5.69 Å². The highest BCUT2D eigenvalue weighted by Gasteiger charge is 2.13. The van der Waals surface area contributed by atoms with Gasteiger partial charge in [-0.15, -0.1) is 0 Å². The van der Waals surface area contributed by atoms with Gasteiger partial charge < -0.3 is 4.98 Å². The minimum atomic E-state index is -0.642. The highest BCUT2D eigenvalue weighted by molar-refractivity contribution is 9.10. The van der Waals surface area contributed by atoms with Crippen molar-refractivity contribution in [2.24, 2.45) is 0 Å². The van der Waals surface area contributed by atoms with Crippen LogP contribution in [0.15, 0.2) is 22.8 Å². The van der Waals surface area contributed by atoms with E-state index in [4.69, 9.17) is 12.2 Å². The van der Waals surface area contributed by atoms with Crippen LogP contribution in [-0.4, -0.2) is 9.55 Å². The molecule has 0 amide bonds. The fourth-order valence-electron chi connectivity index (χ4n) is 1.61. The van der Waals surface area contributed by atoms with Gasteiger partial charge in [-0.05, 0) is 40.6 Å². The predicted octanol–water partition coefficient (Wildman–Crippen LogP) is 4.14. The van der Waals surface area contributed by atoms with E-state index in [1.165, 1.54) is 6.07 Å². The Morgan fingerprint density at radius 2 is 2.06 bits per heavy atom. The summed E-state index contributed by atoms with van der Waals surface area (Å²) in [6.45, 7) is 1.94. The molecule has 0 bridgehead atoms. The highest BCUT2D eigenvalue weighted by Crippen LogP contribution is 2.24. The highest BCUT2D eigenvalue weighted by atomic mass is 79.9. The number of hydrogen-bond donors (Lipinski definition) is 1. The fourth-order valence-corrected chi connectivity index (χ4v) is 2.22. The molecule has 0 fully saturated rings. The number of halogens is 3. The van der Waals surface area contributed by atoms with E-state index in [1.54, 1.807) is 10.8 Å². The lowest BCUT2D eigenvalue weighted by molar-refractivity contribution is 0.572. The first-order valence-electron chi connectivity index (χ1n) is 4.98. The SMILES string of the molecule is CCc1c[nH]c(=S)n1-c1cc(Br)c(F)cc1F. The molecule has 1 aromatic heterocycles. The number of aryl methyl sites for hydroxylation is 1. The van der Waals surface area contributed by atoms with E-state index in [1.807, 2.05) is 6.92 Å². The van der Waals surface area contributed by atoms with Gasteiger partial charge >= 0.3 is 0 Å². The molecule has 0 spiro atoms. The molecule has 0 aliphatic carbocycles. The quantitative estimate of drug-likeness (QED) is 0.652. The van der Waals surface area contributed by atoms with Gasteiger partial charge in [0, 0.05) is 18.0 Å². The average Bonchev–Trinajstić information content (AvgIpc) is 2.65. The largest absolute Gasteiger partial charge is 0.337 e. The average molecular weight is 319 g/mol. The summed E-state index contributed by atoms with van der Waals surface area (Å²) in [6, 6.07) is 2.22. The number of aromatic amines is 1. The topological polar surface area (TPSA) is 20.7 Å². The first-order valence-corrected chi connectivity index (χ1v) is 6.19. The molecule has 0 unspecified atom stereocenters. The molecule has 0 aliphatic rings. The van der Waals surface area contributed by atoms with Crippen LogP contribution >= 0.6 is 28.1 Å². The molecule has 2 aromatic rings. The fraction of sp³-hybridized carbons (Fsp3) is 0.182. The molecular weight excluding hydrogens is 310 g/mol. The number of nitrogens with zero attached hydrogens (tertiary/aromatic N) is 1. The summed E-state index contributed by atoms with van der Waals surface area (Å²) in [6.07, 6.45) is 2.42. The summed E-state index contributed by atoms with van der Waals surface area (Å²) in [7, 11) is 0. The van der Waals surface area contributed by atoms with Gasteiger partial charge in [-0.3, -0.25) is 4.57 Å². The zero-order valence-corrected chi connectivity index (χ0v) is 11.3. The predicted molar refractivity (Wildman–Crippen MR) is 67.9 cm³/mol. The van der Waals surface area contributed by atoms with Crippen molar-refractivity contribution < 1.29 is 8.78 Å². The third-order valence-electron chi connectivity index (χ3n) is 2.45. The third-order valence-corrected chi connectivity index (χ3v) is 3.35. The maximum atomic E-state index is 13.7. The summed E-state index contributed by atoms with van der Waals surface area (Å²) in [5.41, 5.74) is 1.08. The van der Waals surface area contributed by atoms with Crippen LogP contribution in [0.4, 0.5) is 8.78 Å². The summed E-state index contributed by atoms with van der Waals surface area (Å²) in [4.78, 5) is 2.85. The zero-order chi connectivity index (χ0) is 12.6. The molecule has 0 radical (unpaired) electrons. The normalized spacial score (nSPS) is 10.8. The van der Waals surface area contributed by atoms with Crippen molar-refractivity contribution in [1.29, 1.82) is 0 Å². The maximum absolute atomic E-state index is 13.7. The van der Waals surface area contributed by atoms with Gasteiger partial charge in [0.15, 0.2) is 4.77 Å². The van der Waals surface area contributed by atoms with E-state index in [0.29, 0.717) is 11.2 Å². The van der Waals surface area contributed by atoms with Crippen molar-refractivity contribution in [3.63, 3.8) is 0 Å². The lowest BCUT2D eigenvalue weighted by Gasteiger charge is -2.09. The van der Waals surface area contributed by atoms with Crippen molar-refractivity contribution in [1.82, 2.24) is 9.55 Å². The standard InChI is InChI=1S/C11H9BrF2N2S/c1-2-6-5-15-11(17)16(6)10-3-7(12)8(13)4-9(10)14/h3-5H,2H2,1H3,(H,15,17). The molecule has 6 heteroatoms. The van der Waals surface area contributed by atoms with E-state index in [-0.39, 0.29) is 10.2 Å². The number of rotatable bonds is 2. The zero-order valence-electron chi connectivity index (χ0n) is 8.93. The smallest absolute Gasteiger partial charge is 0.182 e. The number of imidazole rings is 1. The van der Waals surface area contributed by atoms with Gasteiger partial charge in [0.25, 0.3) is 0 Å². The van der Waals surface area contributed by atoms with E-state index >= 15 is 0 Å². The summed E-state index contributed by atoms with van der Waals surface area (Å²) < 4.78 is 29.1. The van der Waals surface area contributed by atoms with Gasteiger partial charge in [-0.2, -0.15) is 0 Å². The number of hydrogen-bond acceptors (Lipinski definition) is 1. The van der Waals surface area contributed by atoms with E-state index in [9.17, 15) is 8.78 Å². The summed E-state index contributed by atoms with van der Waals surface area (Å²) in [5.74, 6) is -1.28. The second-order valence-electron chi connectivity index (χ2n) is 3.49. The number of H-pyrrole nitrogens is 1. The van der Waals surface area contributed by atoms with E-state index < -0.39 is 11.6 Å². The summed E-state index contributed by atoms with van der Waals surface area (Å²) in [5, 5.41) is 0. The van der Waals surface area contributed by atoms with E-state index in [2.05, 4.69) is 20.9 Å². The molecule has 0 aliphatic heterocycles. The van der Waals surface area contributed by atoms with Crippen LogP contribution in [0.25, 0.3) is 5.69 Å². The second-order valence-corrected chi connectivity index (χ2v) is 4.73. The van der Waals surface area contributed by atoms with Crippen LogP contribution in [0, 0.1) is 16.4 Å². The monoisotopic (exact) mass is 318 g/mol. The van der Waals surface area contributed by atoms with Crippen LogP contribution in [0.5, 0.6) is 0 Å². The van der Waals surface area contributed by atoms with Crippen LogP contribution in [0.1, 0.15) is 12.6 Å². The van der Waals surface area contributed by atoms with Crippen molar-refractivity contribution in [2.75, 3.05) is 0 Å². The van der Waals surface area contributed by atoms with Crippen LogP contribution in [0.3, 0.4) is 0 Å². The molecule has 0 saturated heterocycles. The Morgan fingerprint density at radius 3 is 2.71 bits per heavy atom. The number of aromatic nitrogens is 2. The number of nitrogens with one attached hydrogen (secondary N) is 1. The second kappa shape index (κ2) is 4.70. The van der Waals surface area contributed by atoms with Crippen molar-refractivity contribution in [3.05, 3.63) is 44.9 Å². The maximum Gasteiger partial charge on any atom is 0.182 e. The van der Waals surface area contributed by atoms with E-state index in [0.717, 1.165) is 11.8 Å². The molecule has 2 nitrogen and oxygen atoms in total. The van der Waals surface area contributed by atoms with Crippen LogP contribution < -0.4 is 0 Å². The van der Waals surface area contributed by atoms with Gasteiger partial charge in [0.2, 0.25) is 0 Å². The Morgan fingerprint density at radius 1 is 1.35 bits per heavy atom. The Labute approximate surface area is 110 Å². The molecule has 0 saturated carbocycles. The molecular formula is C11H9BrF2N2S. The van der Waals surface area contributed by atoms with Crippen molar-refractivity contribution >= 4 is 28.1 Å². The minimum absolute atomic E-state index is 0.207. The Bertz CT molecular complexity index is 618. The lowest BCUT2D eigenvalue weighted by Crippen LogP contribution is -2.03. The molecule has 1 aromatic carbocycles. The Kier molecular flexibility index (Phi) is 3.44. The van der Waals surface area contributed by atoms with Crippen LogP contribution in [0.2, 0.25) is 0 Å². The third kappa shape index (κ3) is 2.19. The molecule has 0 atom stereocenters. The van der Waals surface area contributed by atoms with Gasteiger partial charge in [0.1, 0.15) is 11.6 Å². The summed E-state index contributed by atoms with van der Waals surface area (Å²) >= 11 is 8.13. The minimum Gasteiger partial charge on any atom is -0.337 e. The van der Waals surface area contributed by atoms with Gasteiger partial charge in [-0.25, -0.2) is 8.78 Å². The van der Waals surface area contributed by atoms with Crippen molar-refractivity contribution in [2.45, 2.75) is 13.3 Å². The number of benzene rings is 1. The molecule has 90 valence electrons. The molecule has 1 heterocycles. The van der Waals surface area contributed by atoms with Crippen LogP contribution in [-0.2, 0) is 6.42 Å². The van der Waals surface area contributed by atoms with Gasteiger partial charge in [0.05, 0.1) is 10.2 Å². The molecule has 2 rings (SSSR count). The van der Waals surface area contributed by atoms with Gasteiger partial charge in [-0.1, -0.05) is 6.92 Å². The molecule has 17 heavy (non-hydrogen) atoms. The first-order chi connectivity index (χ1) is 8.04. The Hall–Kier alpha value is -1.01. The Balaban J connectivity index is 2.72.